The summed E-state index contributed by atoms with van der Waals surface area (Å²) in [6, 6.07) is 15.9. The van der Waals surface area contributed by atoms with Crippen molar-refractivity contribution >= 4 is 16.9 Å². The molecule has 3 nitrogen and oxygen atoms in total. The van der Waals surface area contributed by atoms with E-state index >= 15 is 0 Å². The second-order valence-corrected chi connectivity index (χ2v) is 5.16. The van der Waals surface area contributed by atoms with Crippen molar-refractivity contribution in [2.24, 2.45) is 0 Å². The Labute approximate surface area is 127 Å². The molecule has 0 fully saturated rings. The molecule has 0 saturated heterocycles. The number of carbonyl (C=O) groups excluding carboxylic acids is 1. The van der Waals surface area contributed by atoms with Crippen LogP contribution < -0.4 is 5.32 Å². The van der Waals surface area contributed by atoms with Crippen molar-refractivity contribution in [2.45, 2.75) is 19.4 Å². The third kappa shape index (κ3) is 3.52. The van der Waals surface area contributed by atoms with Crippen LogP contribution in [0.5, 0.6) is 0 Å². The van der Waals surface area contributed by atoms with E-state index in [2.05, 4.69) is 5.32 Å². The first-order chi connectivity index (χ1) is 10.7. The number of hydrogen-bond donors (Lipinski definition) is 1. The van der Waals surface area contributed by atoms with Gasteiger partial charge in [-0.1, -0.05) is 30.3 Å². The molecule has 4 heteroatoms. The first-order valence-corrected chi connectivity index (χ1v) is 7.19. The number of aryl methyl sites for hydroxylation is 1. The summed E-state index contributed by atoms with van der Waals surface area (Å²) < 4.78 is 18.7. The van der Waals surface area contributed by atoms with Crippen LogP contribution in [0.1, 0.15) is 17.7 Å². The Bertz CT molecular complexity index is 761. The van der Waals surface area contributed by atoms with E-state index in [4.69, 9.17) is 4.42 Å². The fourth-order valence-electron chi connectivity index (χ4n) is 2.35. The lowest BCUT2D eigenvalue weighted by molar-refractivity contribution is -0.121. The number of carbonyl (C=O) groups is 1. The van der Waals surface area contributed by atoms with Crippen molar-refractivity contribution in [1.82, 2.24) is 5.32 Å². The van der Waals surface area contributed by atoms with Gasteiger partial charge < -0.3 is 9.73 Å². The normalized spacial score (nSPS) is 10.8. The van der Waals surface area contributed by atoms with E-state index in [1.165, 1.54) is 12.1 Å². The third-order valence-electron chi connectivity index (χ3n) is 3.47. The molecule has 0 aliphatic rings. The van der Waals surface area contributed by atoms with Gasteiger partial charge in [0.15, 0.2) is 0 Å². The van der Waals surface area contributed by atoms with Crippen molar-refractivity contribution in [3.8, 4) is 0 Å². The van der Waals surface area contributed by atoms with Gasteiger partial charge in [0.1, 0.15) is 17.2 Å². The molecule has 1 amide bonds. The lowest BCUT2D eigenvalue weighted by Crippen LogP contribution is -2.22. The molecule has 22 heavy (non-hydrogen) atoms. The SMILES string of the molecule is O=C(CCc1cccc(F)c1)NCc1cc2ccccc2o1. The minimum atomic E-state index is -0.278. The second-order valence-electron chi connectivity index (χ2n) is 5.16. The summed E-state index contributed by atoms with van der Waals surface area (Å²) in [5.74, 6) is 0.366. The molecule has 1 aromatic heterocycles. The van der Waals surface area contributed by atoms with Crippen molar-refractivity contribution in [3.63, 3.8) is 0 Å². The van der Waals surface area contributed by atoms with Crippen molar-refractivity contribution < 1.29 is 13.6 Å². The average Bonchev–Trinajstić information content (AvgIpc) is 2.94. The Balaban J connectivity index is 1.51. The maximum Gasteiger partial charge on any atom is 0.220 e. The van der Waals surface area contributed by atoms with Gasteiger partial charge in [-0.05, 0) is 36.2 Å². The minimum Gasteiger partial charge on any atom is -0.459 e. The van der Waals surface area contributed by atoms with Gasteiger partial charge in [-0.25, -0.2) is 4.39 Å². The molecule has 0 atom stereocenters. The Morgan fingerprint density at radius 1 is 1.09 bits per heavy atom. The number of fused-ring (bicyclic) bond motifs is 1. The maximum atomic E-state index is 13.0. The molecule has 3 rings (SSSR count). The van der Waals surface area contributed by atoms with Crippen LogP contribution >= 0.6 is 0 Å². The first-order valence-electron chi connectivity index (χ1n) is 7.19. The van der Waals surface area contributed by atoms with Crippen LogP contribution in [0.25, 0.3) is 11.0 Å². The van der Waals surface area contributed by atoms with E-state index < -0.39 is 0 Å². The summed E-state index contributed by atoms with van der Waals surface area (Å²) in [4.78, 5) is 11.8. The number of halogens is 1. The Kier molecular flexibility index (Phi) is 4.19. The highest BCUT2D eigenvalue weighted by Crippen LogP contribution is 2.18. The largest absolute Gasteiger partial charge is 0.459 e. The molecule has 0 aliphatic carbocycles. The molecule has 0 saturated carbocycles. The van der Waals surface area contributed by atoms with Crippen LogP contribution in [0, 0.1) is 5.82 Å². The van der Waals surface area contributed by atoms with Crippen molar-refractivity contribution in [1.29, 1.82) is 0 Å². The molecule has 1 N–H and O–H groups in total. The number of furan rings is 1. The monoisotopic (exact) mass is 297 g/mol. The highest BCUT2D eigenvalue weighted by Gasteiger charge is 2.06. The highest BCUT2D eigenvalue weighted by atomic mass is 19.1. The van der Waals surface area contributed by atoms with Crippen LogP contribution in [-0.4, -0.2) is 5.91 Å². The van der Waals surface area contributed by atoms with E-state index in [1.54, 1.807) is 6.07 Å². The van der Waals surface area contributed by atoms with Gasteiger partial charge in [0.05, 0.1) is 6.54 Å². The van der Waals surface area contributed by atoms with Crippen LogP contribution in [-0.2, 0) is 17.8 Å². The number of para-hydroxylation sites is 1. The molecular formula is C18H16FNO2. The van der Waals surface area contributed by atoms with Gasteiger partial charge in [0.25, 0.3) is 0 Å². The second kappa shape index (κ2) is 6.43. The molecule has 1 heterocycles. The first kappa shape index (κ1) is 14.3. The summed E-state index contributed by atoms with van der Waals surface area (Å²) in [5.41, 5.74) is 1.63. The van der Waals surface area contributed by atoms with Crippen LogP contribution in [0.2, 0.25) is 0 Å². The summed E-state index contributed by atoms with van der Waals surface area (Å²) in [6.45, 7) is 0.358. The topological polar surface area (TPSA) is 42.2 Å². The van der Waals surface area contributed by atoms with E-state index in [9.17, 15) is 9.18 Å². The Hall–Kier alpha value is -2.62. The highest BCUT2D eigenvalue weighted by molar-refractivity contribution is 5.78. The zero-order valence-corrected chi connectivity index (χ0v) is 12.0. The van der Waals surface area contributed by atoms with Gasteiger partial charge in [-0.15, -0.1) is 0 Å². The minimum absolute atomic E-state index is 0.0790. The molecule has 112 valence electrons. The Morgan fingerprint density at radius 3 is 2.77 bits per heavy atom. The van der Waals surface area contributed by atoms with E-state index in [-0.39, 0.29) is 11.7 Å². The summed E-state index contributed by atoms with van der Waals surface area (Å²) in [7, 11) is 0. The van der Waals surface area contributed by atoms with Gasteiger partial charge in [-0.2, -0.15) is 0 Å². The van der Waals surface area contributed by atoms with Gasteiger partial charge in [-0.3, -0.25) is 4.79 Å². The smallest absolute Gasteiger partial charge is 0.220 e. The van der Waals surface area contributed by atoms with E-state index in [0.717, 1.165) is 22.3 Å². The number of rotatable bonds is 5. The van der Waals surface area contributed by atoms with Gasteiger partial charge in [0.2, 0.25) is 5.91 Å². The van der Waals surface area contributed by atoms with Crippen molar-refractivity contribution in [3.05, 3.63) is 71.7 Å². The van der Waals surface area contributed by atoms with Gasteiger partial charge in [0, 0.05) is 11.8 Å². The molecular weight excluding hydrogens is 281 g/mol. The molecule has 0 spiro atoms. The molecule has 0 aliphatic heterocycles. The zero-order chi connectivity index (χ0) is 15.4. The Morgan fingerprint density at radius 2 is 1.95 bits per heavy atom. The third-order valence-corrected chi connectivity index (χ3v) is 3.47. The van der Waals surface area contributed by atoms with Crippen LogP contribution in [0.4, 0.5) is 4.39 Å². The van der Waals surface area contributed by atoms with Crippen LogP contribution in [0.3, 0.4) is 0 Å². The average molecular weight is 297 g/mol. The lowest BCUT2D eigenvalue weighted by atomic mass is 10.1. The van der Waals surface area contributed by atoms with Crippen molar-refractivity contribution in [2.75, 3.05) is 0 Å². The number of hydrogen-bond acceptors (Lipinski definition) is 2. The summed E-state index contributed by atoms with van der Waals surface area (Å²) in [6.07, 6.45) is 0.841. The molecule has 0 bridgehead atoms. The quantitative estimate of drug-likeness (QED) is 0.778. The number of benzene rings is 2. The molecule has 0 unspecified atom stereocenters. The van der Waals surface area contributed by atoms with Crippen LogP contribution in [0.15, 0.2) is 59.0 Å². The molecule has 0 radical (unpaired) electrons. The van der Waals surface area contributed by atoms with E-state index in [1.807, 2.05) is 36.4 Å². The molecule has 2 aromatic carbocycles. The summed E-state index contributed by atoms with van der Waals surface area (Å²) in [5, 5.41) is 3.84. The fourth-order valence-corrected chi connectivity index (χ4v) is 2.35. The fraction of sp³-hybridized carbons (Fsp3) is 0.167. The predicted octanol–water partition coefficient (Wildman–Crippen LogP) is 3.82. The predicted molar refractivity (Wildman–Crippen MR) is 82.8 cm³/mol. The van der Waals surface area contributed by atoms with Gasteiger partial charge >= 0.3 is 0 Å². The number of amides is 1. The lowest BCUT2D eigenvalue weighted by Gasteiger charge is -2.03. The summed E-state index contributed by atoms with van der Waals surface area (Å²) >= 11 is 0. The molecule has 3 aromatic rings. The zero-order valence-electron chi connectivity index (χ0n) is 12.0. The standard InChI is InChI=1S/C18H16FNO2/c19-15-6-3-4-13(10-15)8-9-18(21)20-12-16-11-14-5-1-2-7-17(14)22-16/h1-7,10-11H,8-9,12H2,(H,20,21). The maximum absolute atomic E-state index is 13.0. The number of nitrogens with one attached hydrogen (secondary N) is 1. The van der Waals surface area contributed by atoms with E-state index in [0.29, 0.717) is 19.4 Å².